The van der Waals surface area contributed by atoms with Gasteiger partial charge in [-0.05, 0) is 30.4 Å². The van der Waals surface area contributed by atoms with Crippen molar-refractivity contribution in [2.75, 3.05) is 26.2 Å². The molecule has 0 aromatic heterocycles. The van der Waals surface area contributed by atoms with Gasteiger partial charge < -0.3 is 25.2 Å². The molecule has 1 unspecified atom stereocenters. The van der Waals surface area contributed by atoms with E-state index in [0.717, 1.165) is 43.7 Å². The van der Waals surface area contributed by atoms with E-state index < -0.39 is 0 Å². The van der Waals surface area contributed by atoms with E-state index in [9.17, 15) is 10.0 Å². The molecule has 1 aromatic carbocycles. The van der Waals surface area contributed by atoms with Crippen LogP contribution in [0.25, 0.3) is 0 Å². The van der Waals surface area contributed by atoms with Crippen LogP contribution in [0.4, 0.5) is 4.79 Å². The molecule has 0 bridgehead atoms. The summed E-state index contributed by atoms with van der Waals surface area (Å²) >= 11 is 0. The first kappa shape index (κ1) is 17.5. The molecule has 0 radical (unpaired) electrons. The molecule has 1 amide bonds. The Kier molecular flexibility index (Phi) is 6.09. The maximum absolute atomic E-state index is 12.2. The minimum Gasteiger partial charge on any atom is -0.629 e. The molecule has 3 rings (SSSR count). The maximum Gasteiger partial charge on any atom is 0.410 e. The van der Waals surface area contributed by atoms with Gasteiger partial charge in [0.1, 0.15) is 13.2 Å². The Hall–Kier alpha value is -2.31. The van der Waals surface area contributed by atoms with E-state index in [1.165, 1.54) is 0 Å². The minimum atomic E-state index is -0.230. The smallest absolute Gasteiger partial charge is 0.410 e. The molecule has 1 fully saturated rings. The lowest BCUT2D eigenvalue weighted by molar-refractivity contribution is -0.784. The Balaban J connectivity index is 1.35. The molecule has 2 heterocycles. The lowest BCUT2D eigenvalue weighted by Gasteiger charge is -2.31. The maximum atomic E-state index is 12.2. The second-order valence-electron chi connectivity index (χ2n) is 6.51. The van der Waals surface area contributed by atoms with Gasteiger partial charge in [-0.25, -0.2) is 4.79 Å². The predicted molar refractivity (Wildman–Crippen MR) is 95.3 cm³/mol. The third kappa shape index (κ3) is 5.34. The second kappa shape index (κ2) is 8.69. The number of piperidine rings is 1. The highest BCUT2D eigenvalue weighted by Gasteiger charge is 2.23. The zero-order valence-electron chi connectivity index (χ0n) is 14.3. The van der Waals surface area contributed by atoms with Gasteiger partial charge in [-0.1, -0.05) is 30.3 Å². The van der Waals surface area contributed by atoms with Crippen LogP contribution in [-0.4, -0.2) is 37.2 Å². The molecule has 1 saturated heterocycles. The lowest BCUT2D eigenvalue weighted by Crippen LogP contribution is -3.02. The first-order valence-corrected chi connectivity index (χ1v) is 8.81. The van der Waals surface area contributed by atoms with Crippen molar-refractivity contribution >= 4 is 6.09 Å². The Morgan fingerprint density at radius 2 is 2.04 bits per heavy atom. The van der Waals surface area contributed by atoms with Crippen molar-refractivity contribution in [3.63, 3.8) is 0 Å². The topological polar surface area (TPSA) is 69.1 Å². The van der Waals surface area contributed by atoms with Gasteiger partial charge >= 0.3 is 6.09 Å². The zero-order chi connectivity index (χ0) is 17.5. The number of carbonyl (C=O) groups excluding carboxylic acids is 1. The van der Waals surface area contributed by atoms with Gasteiger partial charge in [0.15, 0.2) is 0 Å². The van der Waals surface area contributed by atoms with Crippen molar-refractivity contribution in [3.8, 4) is 0 Å². The standard InChI is InChI=1S/C19H25N3O3/c23-19(25-15-17-4-2-1-3-5-17)21-10-6-16(7-11-21)14-20-18-8-12-22(24)13-9-18/h1-5,8-9,12,16,20,22H,6-7,10-11,13-15H2. The van der Waals surface area contributed by atoms with Crippen molar-refractivity contribution < 1.29 is 14.6 Å². The van der Waals surface area contributed by atoms with Crippen molar-refractivity contribution in [3.05, 3.63) is 65.2 Å². The normalized spacial score (nSPS) is 20.9. The van der Waals surface area contributed by atoms with Crippen molar-refractivity contribution in [1.29, 1.82) is 0 Å². The number of ether oxygens (including phenoxy) is 1. The summed E-state index contributed by atoms with van der Waals surface area (Å²) in [6.45, 7) is 3.13. The number of hydrogen-bond acceptors (Lipinski definition) is 4. The Bertz CT molecular complexity index is 622. The summed E-state index contributed by atoms with van der Waals surface area (Å²) in [6.07, 6.45) is 7.08. The monoisotopic (exact) mass is 343 g/mol. The van der Waals surface area contributed by atoms with Crippen molar-refractivity contribution in [2.45, 2.75) is 19.4 Å². The number of rotatable bonds is 5. The molecule has 25 heavy (non-hydrogen) atoms. The molecule has 0 saturated carbocycles. The molecule has 134 valence electrons. The number of amides is 1. The van der Waals surface area contributed by atoms with Gasteiger partial charge in [0.05, 0.1) is 6.20 Å². The summed E-state index contributed by atoms with van der Waals surface area (Å²) in [6, 6.07) is 9.73. The number of hydrogen-bond donors (Lipinski definition) is 2. The van der Waals surface area contributed by atoms with Crippen LogP contribution in [0.15, 0.2) is 54.4 Å². The quantitative estimate of drug-likeness (QED) is 0.794. The number of allylic oxidation sites excluding steroid dienone is 1. The van der Waals surface area contributed by atoms with E-state index >= 15 is 0 Å². The number of nitrogens with zero attached hydrogens (tertiary/aromatic N) is 1. The van der Waals surface area contributed by atoms with Gasteiger partial charge in [0, 0.05) is 31.4 Å². The van der Waals surface area contributed by atoms with E-state index in [1.54, 1.807) is 11.1 Å². The Morgan fingerprint density at radius 1 is 1.28 bits per heavy atom. The molecule has 6 nitrogen and oxygen atoms in total. The fourth-order valence-corrected chi connectivity index (χ4v) is 3.05. The summed E-state index contributed by atoms with van der Waals surface area (Å²) in [5.41, 5.74) is 2.02. The fraction of sp³-hybridized carbons (Fsp3) is 0.421. The summed E-state index contributed by atoms with van der Waals surface area (Å²) in [7, 11) is 0. The van der Waals surface area contributed by atoms with Gasteiger partial charge in [0.25, 0.3) is 0 Å². The lowest BCUT2D eigenvalue weighted by atomic mass is 9.97. The van der Waals surface area contributed by atoms with E-state index in [4.69, 9.17) is 4.74 Å². The van der Waals surface area contributed by atoms with Gasteiger partial charge in [0.2, 0.25) is 0 Å². The van der Waals surface area contributed by atoms with Crippen LogP contribution in [0.3, 0.4) is 0 Å². The number of quaternary nitrogens is 1. The molecular weight excluding hydrogens is 318 g/mol. The average molecular weight is 343 g/mol. The highest BCUT2D eigenvalue weighted by atomic mass is 16.6. The first-order chi connectivity index (χ1) is 12.2. The van der Waals surface area contributed by atoms with Crippen LogP contribution in [0.1, 0.15) is 18.4 Å². The molecule has 0 spiro atoms. The van der Waals surface area contributed by atoms with E-state index in [1.807, 2.05) is 42.5 Å². The number of benzene rings is 1. The fourth-order valence-electron chi connectivity index (χ4n) is 3.05. The van der Waals surface area contributed by atoms with Crippen LogP contribution in [0.5, 0.6) is 0 Å². The number of likely N-dealkylation sites (tertiary alicyclic amines) is 1. The summed E-state index contributed by atoms with van der Waals surface area (Å²) in [5, 5.41) is 14.7. The van der Waals surface area contributed by atoms with Crippen LogP contribution in [-0.2, 0) is 11.3 Å². The predicted octanol–water partition coefficient (Wildman–Crippen LogP) is 1.42. The number of carbonyl (C=O) groups is 1. The third-order valence-corrected chi connectivity index (χ3v) is 4.64. The average Bonchev–Trinajstić information content (AvgIpc) is 2.67. The van der Waals surface area contributed by atoms with Crippen molar-refractivity contribution in [1.82, 2.24) is 10.2 Å². The molecule has 0 aliphatic carbocycles. The minimum absolute atomic E-state index is 0.146. The van der Waals surface area contributed by atoms with Gasteiger partial charge in [-0.2, -0.15) is 0 Å². The Morgan fingerprint density at radius 3 is 2.72 bits per heavy atom. The molecule has 1 aromatic rings. The first-order valence-electron chi connectivity index (χ1n) is 8.81. The molecule has 1 atom stereocenters. The summed E-state index contributed by atoms with van der Waals surface area (Å²) < 4.78 is 5.39. The number of hydroxylamine groups is 2. The molecule has 2 aliphatic heterocycles. The summed E-state index contributed by atoms with van der Waals surface area (Å²) in [4.78, 5) is 13.9. The van der Waals surface area contributed by atoms with Crippen LogP contribution < -0.4 is 10.4 Å². The van der Waals surface area contributed by atoms with E-state index in [0.29, 0.717) is 19.1 Å². The zero-order valence-corrected chi connectivity index (χ0v) is 14.3. The third-order valence-electron chi connectivity index (χ3n) is 4.64. The second-order valence-corrected chi connectivity index (χ2v) is 6.51. The van der Waals surface area contributed by atoms with E-state index in [2.05, 4.69) is 5.32 Å². The largest absolute Gasteiger partial charge is 0.629 e. The molecular formula is C19H25N3O3. The molecule has 6 heteroatoms. The highest BCUT2D eigenvalue weighted by Crippen LogP contribution is 2.18. The SMILES string of the molecule is O=C(OCc1ccccc1)N1CCC(CNC2=CC[NH+]([O-])C=C2)CC1. The summed E-state index contributed by atoms with van der Waals surface area (Å²) in [5.74, 6) is 0.533. The van der Waals surface area contributed by atoms with E-state index in [-0.39, 0.29) is 11.2 Å². The van der Waals surface area contributed by atoms with Crippen molar-refractivity contribution in [2.24, 2.45) is 5.92 Å². The van der Waals surface area contributed by atoms with Crippen LogP contribution in [0.2, 0.25) is 0 Å². The Labute approximate surface area is 148 Å². The van der Waals surface area contributed by atoms with Gasteiger partial charge in [-0.15, -0.1) is 0 Å². The van der Waals surface area contributed by atoms with Crippen LogP contribution >= 0.6 is 0 Å². The van der Waals surface area contributed by atoms with Gasteiger partial charge in [-0.3, -0.25) is 0 Å². The molecule has 2 aliphatic rings. The number of nitrogens with one attached hydrogen (secondary N) is 2. The van der Waals surface area contributed by atoms with Crippen LogP contribution in [0, 0.1) is 11.1 Å². The highest BCUT2D eigenvalue weighted by molar-refractivity contribution is 5.67. The molecule has 2 N–H and O–H groups in total.